The van der Waals surface area contributed by atoms with Crippen LogP contribution in [0.15, 0.2) is 28.7 Å². The number of hydrogen-bond acceptors (Lipinski definition) is 4. The molecular formula is C15H15BrN2O3. The molecule has 1 amide bonds. The Balaban J connectivity index is 1.88. The van der Waals surface area contributed by atoms with Crippen LogP contribution in [-0.4, -0.2) is 24.0 Å². The summed E-state index contributed by atoms with van der Waals surface area (Å²) in [5, 5.41) is 11.8. The molecule has 2 rings (SSSR count). The van der Waals surface area contributed by atoms with Crippen LogP contribution >= 0.6 is 15.9 Å². The van der Waals surface area contributed by atoms with E-state index < -0.39 is 24.0 Å². The quantitative estimate of drug-likeness (QED) is 0.827. The Morgan fingerprint density at radius 2 is 2.14 bits per heavy atom. The molecule has 0 saturated heterocycles. The van der Waals surface area contributed by atoms with Gasteiger partial charge in [0.15, 0.2) is 6.61 Å². The van der Waals surface area contributed by atoms with Gasteiger partial charge >= 0.3 is 5.97 Å². The summed E-state index contributed by atoms with van der Waals surface area (Å²) in [5.74, 6) is -0.862. The minimum atomic E-state index is -0.878. The van der Waals surface area contributed by atoms with Crippen molar-refractivity contribution in [1.82, 2.24) is 5.32 Å². The molecule has 0 bridgehead atoms. The zero-order chi connectivity index (χ0) is 15.5. The number of esters is 1. The number of rotatable bonds is 5. The van der Waals surface area contributed by atoms with Gasteiger partial charge in [0.25, 0.3) is 5.91 Å². The summed E-state index contributed by atoms with van der Waals surface area (Å²) in [5.41, 5.74) is -0.521. The summed E-state index contributed by atoms with van der Waals surface area (Å²) in [4.78, 5) is 23.7. The lowest BCUT2D eigenvalue weighted by molar-refractivity contribution is -0.125. The third-order valence-corrected chi connectivity index (χ3v) is 4.14. The van der Waals surface area contributed by atoms with Crippen LogP contribution in [0.5, 0.6) is 0 Å². The molecule has 0 aliphatic heterocycles. The van der Waals surface area contributed by atoms with Crippen LogP contribution in [0, 0.1) is 17.2 Å². The average molecular weight is 351 g/mol. The van der Waals surface area contributed by atoms with E-state index in [0.717, 1.165) is 12.8 Å². The zero-order valence-corrected chi connectivity index (χ0v) is 13.1. The lowest BCUT2D eigenvalue weighted by Crippen LogP contribution is -2.48. The summed E-state index contributed by atoms with van der Waals surface area (Å²) in [6.45, 7) is 1.29. The van der Waals surface area contributed by atoms with Gasteiger partial charge in [-0.3, -0.25) is 4.79 Å². The molecule has 5 nitrogen and oxygen atoms in total. The van der Waals surface area contributed by atoms with E-state index in [4.69, 9.17) is 10.00 Å². The predicted molar refractivity (Wildman–Crippen MR) is 79.3 cm³/mol. The van der Waals surface area contributed by atoms with Crippen molar-refractivity contribution >= 4 is 27.8 Å². The summed E-state index contributed by atoms with van der Waals surface area (Å²) in [6, 6.07) is 8.93. The largest absolute Gasteiger partial charge is 0.452 e. The normalized spacial score (nSPS) is 16.4. The number of carbonyl (C=O) groups excluding carboxylic acids is 2. The molecule has 0 aromatic heterocycles. The van der Waals surface area contributed by atoms with Crippen LogP contribution in [0.1, 0.15) is 30.1 Å². The molecule has 21 heavy (non-hydrogen) atoms. The second-order valence-corrected chi connectivity index (χ2v) is 6.05. The molecule has 1 aromatic rings. The van der Waals surface area contributed by atoms with E-state index in [2.05, 4.69) is 27.3 Å². The van der Waals surface area contributed by atoms with E-state index in [1.54, 1.807) is 31.2 Å². The van der Waals surface area contributed by atoms with Crippen LogP contribution in [0.4, 0.5) is 0 Å². The average Bonchev–Trinajstić information content (AvgIpc) is 3.30. The fourth-order valence-corrected chi connectivity index (χ4v) is 2.49. The van der Waals surface area contributed by atoms with Crippen LogP contribution in [0.2, 0.25) is 0 Å². The first-order valence-corrected chi connectivity index (χ1v) is 7.39. The van der Waals surface area contributed by atoms with Gasteiger partial charge in [-0.05, 0) is 53.7 Å². The molecule has 0 unspecified atom stereocenters. The monoisotopic (exact) mass is 350 g/mol. The molecule has 1 fully saturated rings. The van der Waals surface area contributed by atoms with Gasteiger partial charge in [-0.2, -0.15) is 5.26 Å². The molecular weight excluding hydrogens is 336 g/mol. The van der Waals surface area contributed by atoms with Crippen molar-refractivity contribution in [2.45, 2.75) is 25.3 Å². The van der Waals surface area contributed by atoms with Crippen molar-refractivity contribution < 1.29 is 14.3 Å². The van der Waals surface area contributed by atoms with Crippen molar-refractivity contribution in [1.29, 1.82) is 5.26 Å². The van der Waals surface area contributed by atoms with Gasteiger partial charge in [0, 0.05) is 4.47 Å². The lowest BCUT2D eigenvalue weighted by Gasteiger charge is -2.22. The number of nitrogens with one attached hydrogen (secondary N) is 1. The number of nitriles is 1. The molecule has 1 aromatic carbocycles. The van der Waals surface area contributed by atoms with Crippen LogP contribution < -0.4 is 5.32 Å². The van der Waals surface area contributed by atoms with Gasteiger partial charge in [0.2, 0.25) is 0 Å². The molecule has 0 spiro atoms. The predicted octanol–water partition coefficient (Wildman–Crippen LogP) is 2.41. The zero-order valence-electron chi connectivity index (χ0n) is 11.6. The molecule has 1 aliphatic rings. The molecule has 1 saturated carbocycles. The first kappa shape index (κ1) is 15.5. The molecule has 110 valence electrons. The highest BCUT2D eigenvalue weighted by atomic mass is 79.9. The maximum atomic E-state index is 11.9. The molecule has 1 aliphatic carbocycles. The summed E-state index contributed by atoms with van der Waals surface area (Å²) >= 11 is 3.25. The number of ether oxygens (including phenoxy) is 1. The van der Waals surface area contributed by atoms with Crippen molar-refractivity contribution in [2.24, 2.45) is 5.92 Å². The Labute approximate surface area is 131 Å². The third kappa shape index (κ3) is 3.82. The fraction of sp³-hybridized carbons (Fsp3) is 0.400. The van der Waals surface area contributed by atoms with E-state index in [9.17, 15) is 9.59 Å². The molecule has 6 heteroatoms. The second-order valence-electron chi connectivity index (χ2n) is 5.19. The summed E-state index contributed by atoms with van der Waals surface area (Å²) < 4.78 is 5.58. The number of amides is 1. The minimum absolute atomic E-state index is 0.186. The van der Waals surface area contributed by atoms with E-state index in [1.807, 2.05) is 0 Å². The smallest absolute Gasteiger partial charge is 0.339 e. The van der Waals surface area contributed by atoms with Gasteiger partial charge in [0.05, 0.1) is 11.6 Å². The summed E-state index contributed by atoms with van der Waals surface area (Å²) in [7, 11) is 0. The maximum absolute atomic E-state index is 11.9. The highest BCUT2D eigenvalue weighted by Gasteiger charge is 2.43. The summed E-state index contributed by atoms with van der Waals surface area (Å²) in [6.07, 6.45) is 1.86. The Kier molecular flexibility index (Phi) is 4.63. The van der Waals surface area contributed by atoms with E-state index in [1.165, 1.54) is 0 Å². The molecule has 1 N–H and O–H groups in total. The minimum Gasteiger partial charge on any atom is -0.452 e. The number of nitrogens with zero attached hydrogens (tertiary/aromatic N) is 1. The Hall–Kier alpha value is -1.87. The third-order valence-electron chi connectivity index (χ3n) is 3.45. The fourth-order valence-electron chi connectivity index (χ4n) is 2.04. The van der Waals surface area contributed by atoms with E-state index in [0.29, 0.717) is 10.0 Å². The van der Waals surface area contributed by atoms with Crippen molar-refractivity contribution in [3.8, 4) is 6.07 Å². The molecule has 0 radical (unpaired) electrons. The van der Waals surface area contributed by atoms with Crippen molar-refractivity contribution in [3.05, 3.63) is 34.3 Å². The van der Waals surface area contributed by atoms with Crippen LogP contribution in [-0.2, 0) is 9.53 Å². The molecule has 0 heterocycles. The SMILES string of the molecule is C[C@](C#N)(NC(=O)COC(=O)c1ccccc1Br)C1CC1. The Morgan fingerprint density at radius 1 is 1.48 bits per heavy atom. The number of halogens is 1. The van der Waals surface area contributed by atoms with Gasteiger partial charge in [-0.25, -0.2) is 4.79 Å². The Morgan fingerprint density at radius 3 is 2.71 bits per heavy atom. The maximum Gasteiger partial charge on any atom is 0.339 e. The number of benzene rings is 1. The van der Waals surface area contributed by atoms with Crippen molar-refractivity contribution in [2.75, 3.05) is 6.61 Å². The lowest BCUT2D eigenvalue weighted by atomic mass is 9.98. The van der Waals surface area contributed by atoms with E-state index in [-0.39, 0.29) is 5.92 Å². The van der Waals surface area contributed by atoms with Gasteiger partial charge < -0.3 is 10.1 Å². The van der Waals surface area contributed by atoms with Gasteiger partial charge in [0.1, 0.15) is 5.54 Å². The van der Waals surface area contributed by atoms with Crippen molar-refractivity contribution in [3.63, 3.8) is 0 Å². The number of carbonyl (C=O) groups is 2. The van der Waals surface area contributed by atoms with Crippen LogP contribution in [0.3, 0.4) is 0 Å². The van der Waals surface area contributed by atoms with Gasteiger partial charge in [-0.15, -0.1) is 0 Å². The topological polar surface area (TPSA) is 79.2 Å². The van der Waals surface area contributed by atoms with E-state index >= 15 is 0 Å². The standard InChI is InChI=1S/C15H15BrN2O3/c1-15(9-17,10-6-7-10)18-13(19)8-21-14(20)11-4-2-3-5-12(11)16/h2-5,10H,6-8H2,1H3,(H,18,19)/t15-/m1/s1. The Bertz CT molecular complexity index is 607. The number of hydrogen-bond donors (Lipinski definition) is 1. The first-order chi connectivity index (χ1) is 9.96. The highest BCUT2D eigenvalue weighted by molar-refractivity contribution is 9.10. The highest BCUT2D eigenvalue weighted by Crippen LogP contribution is 2.39. The molecule has 1 atom stereocenters. The van der Waals surface area contributed by atoms with Crippen LogP contribution in [0.25, 0.3) is 0 Å². The second kappa shape index (κ2) is 6.27. The van der Waals surface area contributed by atoms with Gasteiger partial charge in [-0.1, -0.05) is 12.1 Å². The first-order valence-electron chi connectivity index (χ1n) is 6.60.